The van der Waals surface area contributed by atoms with Crippen LogP contribution in [0, 0.1) is 18.8 Å². The van der Waals surface area contributed by atoms with Gasteiger partial charge in [-0.25, -0.2) is 13.1 Å². The van der Waals surface area contributed by atoms with E-state index in [1.54, 1.807) is 6.07 Å². The van der Waals surface area contributed by atoms with Gasteiger partial charge < -0.3 is 0 Å². The number of benzene rings is 1. The predicted octanol–water partition coefficient (Wildman–Crippen LogP) is 3.86. The van der Waals surface area contributed by atoms with Gasteiger partial charge in [0.1, 0.15) is 0 Å². The molecule has 1 aromatic rings. The maximum Gasteiger partial charge on any atom is 0.240 e. The lowest BCUT2D eigenvalue weighted by atomic mass is 9.83. The van der Waals surface area contributed by atoms with Crippen LogP contribution in [0.2, 0.25) is 0 Å². The molecule has 0 atom stereocenters. The van der Waals surface area contributed by atoms with Crippen LogP contribution in [0.5, 0.6) is 0 Å². The largest absolute Gasteiger partial charge is 0.240 e. The molecule has 0 heterocycles. The summed E-state index contributed by atoms with van der Waals surface area (Å²) >= 11 is 3.33. The molecule has 1 fully saturated rings. The van der Waals surface area contributed by atoms with Gasteiger partial charge in [0.25, 0.3) is 0 Å². The standard InChI is InChI=1S/C15H22BrNO2S/c1-11-3-6-13(7-4-11)10-17-20(18,19)15-9-14(16)8-5-12(15)2/h5,8-9,11,13,17H,3-4,6-7,10H2,1-2H3. The molecular formula is C15H22BrNO2S. The van der Waals surface area contributed by atoms with Crippen LogP contribution < -0.4 is 4.72 Å². The second-order valence-corrected chi connectivity index (χ2v) is 8.54. The molecule has 1 N–H and O–H groups in total. The third-order valence-electron chi connectivity index (χ3n) is 4.14. The molecule has 0 aromatic heterocycles. The van der Waals surface area contributed by atoms with Gasteiger partial charge in [-0.15, -0.1) is 0 Å². The van der Waals surface area contributed by atoms with Crippen molar-refractivity contribution in [3.63, 3.8) is 0 Å². The molecule has 1 aliphatic carbocycles. The quantitative estimate of drug-likeness (QED) is 0.886. The summed E-state index contributed by atoms with van der Waals surface area (Å²) < 4.78 is 28.3. The normalized spacial score (nSPS) is 23.8. The second-order valence-electron chi connectivity index (χ2n) is 5.89. The number of sulfonamides is 1. The summed E-state index contributed by atoms with van der Waals surface area (Å²) in [5.74, 6) is 1.27. The van der Waals surface area contributed by atoms with Gasteiger partial charge >= 0.3 is 0 Å². The van der Waals surface area contributed by atoms with Crippen molar-refractivity contribution >= 4 is 26.0 Å². The van der Waals surface area contributed by atoms with E-state index >= 15 is 0 Å². The molecule has 3 nitrogen and oxygen atoms in total. The Kier molecular flexibility index (Phi) is 5.26. The van der Waals surface area contributed by atoms with Crippen molar-refractivity contribution in [1.29, 1.82) is 0 Å². The van der Waals surface area contributed by atoms with Gasteiger partial charge in [-0.05, 0) is 49.3 Å². The Bertz CT molecular complexity index is 563. The summed E-state index contributed by atoms with van der Waals surface area (Å²) in [4.78, 5) is 0.371. The van der Waals surface area contributed by atoms with Gasteiger partial charge in [-0.3, -0.25) is 0 Å². The molecule has 0 radical (unpaired) electrons. The van der Waals surface area contributed by atoms with E-state index in [-0.39, 0.29) is 0 Å². The van der Waals surface area contributed by atoms with Crippen LogP contribution >= 0.6 is 15.9 Å². The Morgan fingerprint density at radius 1 is 1.25 bits per heavy atom. The first-order valence-corrected chi connectivity index (χ1v) is 9.42. The summed E-state index contributed by atoms with van der Waals surface area (Å²) in [6.45, 7) is 4.65. The van der Waals surface area contributed by atoms with Gasteiger partial charge in [0.2, 0.25) is 10.0 Å². The summed E-state index contributed by atoms with van der Waals surface area (Å²) in [5.41, 5.74) is 0.776. The smallest absolute Gasteiger partial charge is 0.211 e. The molecule has 112 valence electrons. The molecular weight excluding hydrogens is 338 g/mol. The lowest BCUT2D eigenvalue weighted by molar-refractivity contribution is 0.290. The molecule has 0 aliphatic heterocycles. The van der Waals surface area contributed by atoms with Gasteiger partial charge in [0, 0.05) is 11.0 Å². The van der Waals surface area contributed by atoms with Crippen molar-refractivity contribution in [1.82, 2.24) is 4.72 Å². The molecule has 0 unspecified atom stereocenters. The molecule has 0 spiro atoms. The Morgan fingerprint density at radius 3 is 2.55 bits per heavy atom. The number of hydrogen-bond acceptors (Lipinski definition) is 2. The monoisotopic (exact) mass is 359 g/mol. The minimum atomic E-state index is -3.41. The summed E-state index contributed by atoms with van der Waals surface area (Å²) in [6.07, 6.45) is 4.67. The van der Waals surface area contributed by atoms with Crippen molar-refractivity contribution in [2.75, 3.05) is 6.54 Å². The third kappa shape index (κ3) is 4.06. The van der Waals surface area contributed by atoms with E-state index in [0.29, 0.717) is 17.4 Å². The Labute approximate surface area is 130 Å². The Hall–Kier alpha value is -0.390. The molecule has 2 rings (SSSR count). The van der Waals surface area contributed by atoms with Crippen LogP contribution in [0.1, 0.15) is 38.2 Å². The molecule has 0 saturated heterocycles. The minimum absolute atomic E-state index is 0.371. The van der Waals surface area contributed by atoms with Crippen LogP contribution in [0.25, 0.3) is 0 Å². The van der Waals surface area contributed by atoms with Gasteiger partial charge in [0.15, 0.2) is 0 Å². The number of aryl methyl sites for hydroxylation is 1. The summed E-state index contributed by atoms with van der Waals surface area (Å²) in [7, 11) is -3.41. The first-order chi connectivity index (χ1) is 9.38. The predicted molar refractivity (Wildman–Crippen MR) is 85.2 cm³/mol. The van der Waals surface area contributed by atoms with Crippen molar-refractivity contribution in [3.05, 3.63) is 28.2 Å². The zero-order valence-electron chi connectivity index (χ0n) is 12.0. The minimum Gasteiger partial charge on any atom is -0.211 e. The Balaban J connectivity index is 2.02. The molecule has 1 aliphatic rings. The highest BCUT2D eigenvalue weighted by Gasteiger charge is 2.22. The fourth-order valence-corrected chi connectivity index (χ4v) is 4.60. The Morgan fingerprint density at radius 2 is 1.90 bits per heavy atom. The summed E-state index contributed by atoms with van der Waals surface area (Å²) in [6, 6.07) is 5.35. The fraction of sp³-hybridized carbons (Fsp3) is 0.600. The number of nitrogens with one attached hydrogen (secondary N) is 1. The highest BCUT2D eigenvalue weighted by atomic mass is 79.9. The second kappa shape index (κ2) is 6.58. The van der Waals surface area contributed by atoms with Gasteiger partial charge in [-0.1, -0.05) is 41.8 Å². The van der Waals surface area contributed by atoms with Crippen LogP contribution in [0.3, 0.4) is 0 Å². The van der Waals surface area contributed by atoms with Crippen molar-refractivity contribution in [2.45, 2.75) is 44.4 Å². The number of rotatable bonds is 4. The van der Waals surface area contributed by atoms with Crippen LogP contribution in [-0.4, -0.2) is 15.0 Å². The maximum atomic E-state index is 12.4. The van der Waals surface area contributed by atoms with E-state index in [0.717, 1.165) is 28.8 Å². The van der Waals surface area contributed by atoms with Gasteiger partial charge in [-0.2, -0.15) is 0 Å². The van der Waals surface area contributed by atoms with E-state index in [2.05, 4.69) is 27.6 Å². The molecule has 5 heteroatoms. The van der Waals surface area contributed by atoms with E-state index < -0.39 is 10.0 Å². The third-order valence-corrected chi connectivity index (χ3v) is 6.20. The molecule has 20 heavy (non-hydrogen) atoms. The van der Waals surface area contributed by atoms with Crippen molar-refractivity contribution in [2.24, 2.45) is 11.8 Å². The highest BCUT2D eigenvalue weighted by molar-refractivity contribution is 9.10. The zero-order valence-corrected chi connectivity index (χ0v) is 14.4. The topological polar surface area (TPSA) is 46.2 Å². The summed E-state index contributed by atoms with van der Waals surface area (Å²) in [5, 5.41) is 0. The average Bonchev–Trinajstić information content (AvgIpc) is 2.41. The lowest BCUT2D eigenvalue weighted by Crippen LogP contribution is -2.31. The SMILES string of the molecule is Cc1ccc(Br)cc1S(=O)(=O)NCC1CCC(C)CC1. The van der Waals surface area contributed by atoms with E-state index in [4.69, 9.17) is 0 Å². The molecule has 0 bridgehead atoms. The van der Waals surface area contributed by atoms with Crippen molar-refractivity contribution in [3.8, 4) is 0 Å². The number of halogens is 1. The first kappa shape index (κ1) is 16.0. The molecule has 0 amide bonds. The highest BCUT2D eigenvalue weighted by Crippen LogP contribution is 2.28. The molecule has 1 saturated carbocycles. The van der Waals surface area contributed by atoms with Crippen LogP contribution in [-0.2, 0) is 10.0 Å². The van der Waals surface area contributed by atoms with Crippen LogP contribution in [0.4, 0.5) is 0 Å². The van der Waals surface area contributed by atoms with Crippen molar-refractivity contribution < 1.29 is 8.42 Å². The lowest BCUT2D eigenvalue weighted by Gasteiger charge is -2.26. The van der Waals surface area contributed by atoms with E-state index in [1.165, 1.54) is 12.8 Å². The van der Waals surface area contributed by atoms with E-state index in [1.807, 2.05) is 19.1 Å². The van der Waals surface area contributed by atoms with Crippen LogP contribution in [0.15, 0.2) is 27.6 Å². The zero-order chi connectivity index (χ0) is 14.8. The average molecular weight is 360 g/mol. The number of hydrogen-bond donors (Lipinski definition) is 1. The fourth-order valence-electron chi connectivity index (χ4n) is 2.70. The van der Waals surface area contributed by atoms with E-state index in [9.17, 15) is 8.42 Å². The molecule has 1 aromatic carbocycles. The first-order valence-electron chi connectivity index (χ1n) is 7.14. The maximum absolute atomic E-state index is 12.4. The van der Waals surface area contributed by atoms with Gasteiger partial charge in [0.05, 0.1) is 4.90 Å².